The molecular weight excluding hydrogens is 413 g/mol. The van der Waals surface area contributed by atoms with Crippen molar-refractivity contribution in [3.63, 3.8) is 0 Å². The Labute approximate surface area is 157 Å². The molecule has 3 rings (SSSR count). The van der Waals surface area contributed by atoms with Crippen molar-refractivity contribution < 1.29 is 13.2 Å². The van der Waals surface area contributed by atoms with Crippen LogP contribution in [-0.4, -0.2) is 42.5 Å². The predicted octanol–water partition coefficient (Wildman–Crippen LogP) is 3.54. The first-order valence-corrected chi connectivity index (χ1v) is 11.2. The molecule has 6 nitrogen and oxygen atoms in total. The van der Waals surface area contributed by atoms with Crippen LogP contribution in [-0.2, 0) is 14.8 Å². The molecular formula is C13H13Cl2N3O3S3. The lowest BCUT2D eigenvalue weighted by Gasteiger charge is -2.20. The molecule has 1 saturated heterocycles. The number of carbonyl (C=O) groups excluding carboxylic acids is 1. The Bertz CT molecular complexity index is 878. The molecule has 2 aromatic rings. The van der Waals surface area contributed by atoms with Gasteiger partial charge in [0.25, 0.3) is 0 Å². The van der Waals surface area contributed by atoms with Gasteiger partial charge in [-0.1, -0.05) is 23.2 Å². The lowest BCUT2D eigenvalue weighted by molar-refractivity contribution is -0.119. The smallest absolute Gasteiger partial charge is 0.244 e. The molecule has 3 heterocycles. The van der Waals surface area contributed by atoms with E-state index in [4.69, 9.17) is 23.2 Å². The van der Waals surface area contributed by atoms with E-state index in [0.717, 1.165) is 6.26 Å². The molecule has 0 spiro atoms. The topological polar surface area (TPSA) is 79.4 Å². The van der Waals surface area contributed by atoms with Crippen molar-refractivity contribution in [2.45, 2.75) is 18.9 Å². The number of hydrogen-bond donors (Lipinski definition) is 1. The van der Waals surface area contributed by atoms with E-state index in [1.807, 2.05) is 0 Å². The first-order chi connectivity index (χ1) is 11.3. The molecule has 2 aromatic heterocycles. The van der Waals surface area contributed by atoms with Gasteiger partial charge in [-0.3, -0.25) is 4.79 Å². The molecule has 0 aromatic carbocycles. The fourth-order valence-corrected chi connectivity index (χ4v) is 5.88. The van der Waals surface area contributed by atoms with Crippen molar-refractivity contribution in [1.29, 1.82) is 0 Å². The average molecular weight is 426 g/mol. The summed E-state index contributed by atoms with van der Waals surface area (Å²) in [6.45, 7) is 0.364. The number of hydrogen-bond acceptors (Lipinski definition) is 6. The van der Waals surface area contributed by atoms with Crippen molar-refractivity contribution in [1.82, 2.24) is 9.29 Å². The number of rotatable bonds is 4. The fourth-order valence-electron chi connectivity index (χ4n) is 2.56. The van der Waals surface area contributed by atoms with E-state index in [9.17, 15) is 13.2 Å². The average Bonchev–Trinajstić information content (AvgIpc) is 3.17. The van der Waals surface area contributed by atoms with Crippen LogP contribution in [0, 0.1) is 0 Å². The first kappa shape index (κ1) is 18.1. The van der Waals surface area contributed by atoms with Gasteiger partial charge in [-0.25, -0.2) is 13.4 Å². The zero-order valence-corrected chi connectivity index (χ0v) is 16.4. The van der Waals surface area contributed by atoms with Gasteiger partial charge in [-0.05, 0) is 18.9 Å². The van der Waals surface area contributed by atoms with Crippen molar-refractivity contribution in [3.05, 3.63) is 20.1 Å². The highest BCUT2D eigenvalue weighted by molar-refractivity contribution is 7.88. The standard InChI is InChI=1S/C13H13Cl2N3O3S3/c1-24(20,21)18-4-2-3-9(18)12(19)17-13-16-8(6-22-13)7-5-10(14)23-11(7)15/h5-6,9H,2-4H2,1H3,(H,16,17,19). The van der Waals surface area contributed by atoms with E-state index in [2.05, 4.69) is 10.3 Å². The summed E-state index contributed by atoms with van der Waals surface area (Å²) in [5.74, 6) is -0.367. The Morgan fingerprint density at radius 1 is 1.46 bits per heavy atom. The molecule has 24 heavy (non-hydrogen) atoms. The van der Waals surface area contributed by atoms with Crippen LogP contribution in [0.1, 0.15) is 12.8 Å². The summed E-state index contributed by atoms with van der Waals surface area (Å²) in [6.07, 6.45) is 2.28. The molecule has 130 valence electrons. The van der Waals surface area contributed by atoms with E-state index in [1.54, 1.807) is 11.4 Å². The molecule has 11 heteroatoms. The molecule has 1 N–H and O–H groups in total. The van der Waals surface area contributed by atoms with Crippen LogP contribution in [0.2, 0.25) is 8.67 Å². The van der Waals surface area contributed by atoms with E-state index >= 15 is 0 Å². The van der Waals surface area contributed by atoms with Gasteiger partial charge in [0.15, 0.2) is 5.13 Å². The maximum atomic E-state index is 12.4. The van der Waals surface area contributed by atoms with Gasteiger partial charge in [0.2, 0.25) is 15.9 Å². The van der Waals surface area contributed by atoms with E-state index in [1.165, 1.54) is 27.0 Å². The Hall–Kier alpha value is -0.710. The minimum absolute atomic E-state index is 0.364. The highest BCUT2D eigenvalue weighted by Gasteiger charge is 2.36. The number of aromatic nitrogens is 1. The van der Waals surface area contributed by atoms with Gasteiger partial charge in [-0.2, -0.15) is 4.31 Å². The number of nitrogens with zero attached hydrogens (tertiary/aromatic N) is 2. The van der Waals surface area contributed by atoms with Crippen LogP contribution in [0.5, 0.6) is 0 Å². The lowest BCUT2D eigenvalue weighted by atomic mass is 10.2. The highest BCUT2D eigenvalue weighted by Crippen LogP contribution is 2.39. The Balaban J connectivity index is 1.75. The third-order valence-electron chi connectivity index (χ3n) is 3.60. The molecule has 0 saturated carbocycles. The number of sulfonamides is 1. The maximum Gasteiger partial charge on any atom is 0.244 e. The van der Waals surface area contributed by atoms with E-state index < -0.39 is 16.1 Å². The van der Waals surface area contributed by atoms with Crippen molar-refractivity contribution in [3.8, 4) is 11.3 Å². The second kappa shape index (κ2) is 6.89. The Kier molecular flexibility index (Phi) is 5.19. The third kappa shape index (κ3) is 3.76. The highest BCUT2D eigenvalue weighted by atomic mass is 35.5. The van der Waals surface area contributed by atoms with Gasteiger partial charge in [-0.15, -0.1) is 22.7 Å². The van der Waals surface area contributed by atoms with Gasteiger partial charge in [0.1, 0.15) is 10.4 Å². The number of thiophene rings is 1. The number of carbonyl (C=O) groups is 1. The van der Waals surface area contributed by atoms with Gasteiger partial charge in [0.05, 0.1) is 16.3 Å². The van der Waals surface area contributed by atoms with Crippen LogP contribution in [0.15, 0.2) is 11.4 Å². The molecule has 0 radical (unpaired) electrons. The minimum atomic E-state index is -3.40. The molecule has 1 fully saturated rings. The zero-order valence-electron chi connectivity index (χ0n) is 12.5. The lowest BCUT2D eigenvalue weighted by Crippen LogP contribution is -2.42. The second-order valence-electron chi connectivity index (χ2n) is 5.30. The van der Waals surface area contributed by atoms with Crippen molar-refractivity contribution in [2.24, 2.45) is 0 Å². The number of halogens is 2. The largest absolute Gasteiger partial charge is 0.301 e. The quantitative estimate of drug-likeness (QED) is 0.811. The minimum Gasteiger partial charge on any atom is -0.301 e. The molecule has 1 aliphatic rings. The van der Waals surface area contributed by atoms with E-state index in [0.29, 0.717) is 44.4 Å². The SMILES string of the molecule is CS(=O)(=O)N1CCCC1C(=O)Nc1nc(-c2cc(Cl)sc2Cl)cs1. The number of amides is 1. The summed E-state index contributed by atoms with van der Waals surface area (Å²) in [4.78, 5) is 16.7. The summed E-state index contributed by atoms with van der Waals surface area (Å²) in [5.41, 5.74) is 1.33. The van der Waals surface area contributed by atoms with Gasteiger partial charge < -0.3 is 5.32 Å². The Morgan fingerprint density at radius 2 is 2.21 bits per heavy atom. The van der Waals surface area contributed by atoms with Crippen LogP contribution >= 0.6 is 45.9 Å². The number of thiazole rings is 1. The second-order valence-corrected chi connectivity index (χ2v) is 10.4. The molecule has 1 aliphatic heterocycles. The van der Waals surface area contributed by atoms with E-state index in [-0.39, 0.29) is 5.91 Å². The first-order valence-electron chi connectivity index (χ1n) is 6.94. The molecule has 1 amide bonds. The summed E-state index contributed by atoms with van der Waals surface area (Å²) in [7, 11) is -3.40. The summed E-state index contributed by atoms with van der Waals surface area (Å²) in [5, 5.41) is 4.86. The summed E-state index contributed by atoms with van der Waals surface area (Å²) in [6, 6.07) is 1.03. The van der Waals surface area contributed by atoms with Crippen molar-refractivity contribution in [2.75, 3.05) is 18.1 Å². The third-order valence-corrected chi connectivity index (χ3v) is 7.13. The normalized spacial score (nSPS) is 18.9. The molecule has 0 aliphatic carbocycles. The predicted molar refractivity (Wildman–Crippen MR) is 98.6 cm³/mol. The van der Waals surface area contributed by atoms with Gasteiger partial charge >= 0.3 is 0 Å². The van der Waals surface area contributed by atoms with Crippen LogP contribution in [0.4, 0.5) is 5.13 Å². The van der Waals surface area contributed by atoms with Gasteiger partial charge in [0, 0.05) is 17.5 Å². The van der Waals surface area contributed by atoms with Crippen LogP contribution in [0.25, 0.3) is 11.3 Å². The number of anilines is 1. The van der Waals surface area contributed by atoms with Crippen LogP contribution in [0.3, 0.4) is 0 Å². The van der Waals surface area contributed by atoms with Crippen LogP contribution < -0.4 is 5.32 Å². The molecule has 0 bridgehead atoms. The molecule has 1 atom stereocenters. The monoisotopic (exact) mass is 425 g/mol. The Morgan fingerprint density at radius 3 is 2.83 bits per heavy atom. The molecule has 1 unspecified atom stereocenters. The van der Waals surface area contributed by atoms with Crippen molar-refractivity contribution >= 4 is 66.9 Å². The summed E-state index contributed by atoms with van der Waals surface area (Å²) >= 11 is 14.5. The summed E-state index contributed by atoms with van der Waals surface area (Å²) < 4.78 is 25.8. The maximum absolute atomic E-state index is 12.4. The number of nitrogens with one attached hydrogen (secondary N) is 1. The zero-order chi connectivity index (χ0) is 17.5. The fraction of sp³-hybridized carbons (Fsp3) is 0.385.